The monoisotopic (exact) mass is 443 g/mol. The van der Waals surface area contributed by atoms with Crippen molar-refractivity contribution in [2.45, 2.75) is 20.8 Å². The van der Waals surface area contributed by atoms with Crippen molar-refractivity contribution in [2.24, 2.45) is 7.05 Å². The summed E-state index contributed by atoms with van der Waals surface area (Å²) in [5.74, 6) is 0. The zero-order valence-electron chi connectivity index (χ0n) is 19.7. The van der Waals surface area contributed by atoms with Gasteiger partial charge in [0.25, 0.3) is 0 Å². The van der Waals surface area contributed by atoms with Crippen molar-refractivity contribution in [3.63, 3.8) is 0 Å². The Kier molecular flexibility index (Phi) is 4.59. The standard InChI is InChI=1S/C29H25N5/c1-17-13-25-15-23-6-5-21(31-23)14-22-7-8-24(32-22)16-26-27(20-9-11-30-12-10-20)18(2)29(34(26)4)19(3)28(17)33-25/h5-16,32H,1-4H3. The topological polar surface area (TPSA) is 59.4 Å². The summed E-state index contributed by atoms with van der Waals surface area (Å²) < 4.78 is 2.29. The van der Waals surface area contributed by atoms with E-state index in [0.29, 0.717) is 0 Å². The molecule has 0 spiro atoms. The molecular formula is C29H25N5. The Morgan fingerprint density at radius 2 is 1.47 bits per heavy atom. The molecule has 0 radical (unpaired) electrons. The van der Waals surface area contributed by atoms with Gasteiger partial charge in [0.1, 0.15) is 0 Å². The van der Waals surface area contributed by atoms with Crippen LogP contribution in [0.1, 0.15) is 40.8 Å². The van der Waals surface area contributed by atoms with Crippen LogP contribution in [0.25, 0.3) is 57.0 Å². The normalized spacial score (nSPS) is 12.8. The van der Waals surface area contributed by atoms with Crippen LogP contribution < -0.4 is 0 Å². The molecule has 0 aromatic carbocycles. The number of allylic oxidation sites excluding steroid dienone is 1. The summed E-state index contributed by atoms with van der Waals surface area (Å²) in [5, 5.41) is 0. The molecule has 0 aliphatic carbocycles. The maximum absolute atomic E-state index is 5.00. The second kappa shape index (κ2) is 7.66. The van der Waals surface area contributed by atoms with Crippen LogP contribution in [0.2, 0.25) is 0 Å². The third kappa shape index (κ3) is 3.28. The highest BCUT2D eigenvalue weighted by atomic mass is 14.9. The van der Waals surface area contributed by atoms with Crippen molar-refractivity contribution in [2.75, 3.05) is 0 Å². The molecule has 0 saturated carbocycles. The zero-order valence-corrected chi connectivity index (χ0v) is 19.7. The fourth-order valence-corrected chi connectivity index (χ4v) is 5.15. The summed E-state index contributed by atoms with van der Waals surface area (Å²) in [7, 11) is 2.14. The molecule has 4 aromatic heterocycles. The number of H-pyrrole nitrogens is 1. The molecule has 0 amide bonds. The molecule has 0 atom stereocenters. The first-order chi connectivity index (χ1) is 16.5. The Balaban J connectivity index is 1.82. The number of hydrogen-bond donors (Lipinski definition) is 1. The Morgan fingerprint density at radius 3 is 2.24 bits per heavy atom. The SMILES string of the molecule is CC1=Cc2cc3nc(cc4ccc(cc5c(-c6ccncc6)c(C)c(c(C)c1n2)n5C)[nH]4)C=C3. The number of fused-ring (bicyclic) bond motifs is 8. The molecule has 8 bridgehead atoms. The maximum Gasteiger partial charge on any atom is 0.0716 e. The molecule has 2 aliphatic heterocycles. The largest absolute Gasteiger partial charge is 0.355 e. The van der Waals surface area contributed by atoms with Gasteiger partial charge in [-0.2, -0.15) is 0 Å². The Hall–Kier alpha value is -4.25. The van der Waals surface area contributed by atoms with E-state index in [4.69, 9.17) is 9.97 Å². The van der Waals surface area contributed by atoms with Gasteiger partial charge in [0, 0.05) is 41.6 Å². The van der Waals surface area contributed by atoms with E-state index in [0.717, 1.165) is 56.0 Å². The van der Waals surface area contributed by atoms with Gasteiger partial charge < -0.3 is 9.55 Å². The lowest BCUT2D eigenvalue weighted by Crippen LogP contribution is -1.93. The van der Waals surface area contributed by atoms with Gasteiger partial charge in [0.15, 0.2) is 0 Å². The van der Waals surface area contributed by atoms with E-state index in [1.165, 1.54) is 16.6 Å². The van der Waals surface area contributed by atoms with Crippen molar-refractivity contribution in [1.29, 1.82) is 0 Å². The molecule has 1 N–H and O–H groups in total. The first-order valence-electron chi connectivity index (χ1n) is 11.4. The minimum Gasteiger partial charge on any atom is -0.355 e. The Labute approximate surface area is 198 Å². The molecule has 4 aromatic rings. The maximum atomic E-state index is 5.00. The number of nitrogens with one attached hydrogen (secondary N) is 1. The van der Waals surface area contributed by atoms with Crippen LogP contribution in [0.5, 0.6) is 0 Å². The average molecular weight is 444 g/mol. The molecule has 2 aliphatic rings. The van der Waals surface area contributed by atoms with Crippen molar-refractivity contribution in [1.82, 2.24) is 24.5 Å². The number of hydrogen-bond acceptors (Lipinski definition) is 3. The molecule has 166 valence electrons. The van der Waals surface area contributed by atoms with Crippen LogP contribution >= 0.6 is 0 Å². The van der Waals surface area contributed by atoms with Gasteiger partial charge in [-0.05, 0) is 104 Å². The number of rotatable bonds is 1. The zero-order chi connectivity index (χ0) is 23.4. The lowest BCUT2D eigenvalue weighted by molar-refractivity contribution is 1.00. The van der Waals surface area contributed by atoms with Crippen molar-refractivity contribution < 1.29 is 0 Å². The average Bonchev–Trinajstić information content (AvgIpc) is 3.58. The van der Waals surface area contributed by atoms with Gasteiger partial charge in [-0.15, -0.1) is 0 Å². The van der Waals surface area contributed by atoms with Crippen LogP contribution in [-0.4, -0.2) is 24.5 Å². The number of aryl methyl sites for hydroxylation is 3. The predicted octanol–water partition coefficient (Wildman–Crippen LogP) is 6.73. The van der Waals surface area contributed by atoms with E-state index in [2.05, 4.69) is 84.8 Å². The van der Waals surface area contributed by atoms with Crippen molar-refractivity contribution in [3.05, 3.63) is 88.8 Å². The van der Waals surface area contributed by atoms with E-state index in [1.54, 1.807) is 0 Å². The second-order valence-electron chi connectivity index (χ2n) is 8.96. The van der Waals surface area contributed by atoms with Gasteiger partial charge in [0.2, 0.25) is 0 Å². The third-order valence-corrected chi connectivity index (χ3v) is 6.65. The van der Waals surface area contributed by atoms with Crippen molar-refractivity contribution in [3.8, 4) is 11.1 Å². The highest BCUT2D eigenvalue weighted by Crippen LogP contribution is 2.36. The van der Waals surface area contributed by atoms with Crippen LogP contribution in [0.4, 0.5) is 0 Å². The first-order valence-corrected chi connectivity index (χ1v) is 11.4. The summed E-state index contributed by atoms with van der Waals surface area (Å²) in [6.45, 7) is 6.50. The molecule has 0 unspecified atom stereocenters. The molecule has 0 fully saturated rings. The summed E-state index contributed by atoms with van der Waals surface area (Å²) in [5.41, 5.74) is 14.1. The molecule has 0 saturated heterocycles. The Bertz CT molecular complexity index is 1680. The van der Waals surface area contributed by atoms with E-state index >= 15 is 0 Å². The lowest BCUT2D eigenvalue weighted by Gasteiger charge is -2.04. The lowest BCUT2D eigenvalue weighted by atomic mass is 10.0. The smallest absolute Gasteiger partial charge is 0.0716 e. The third-order valence-electron chi connectivity index (χ3n) is 6.65. The van der Waals surface area contributed by atoms with Gasteiger partial charge in [-0.1, -0.05) is 0 Å². The second-order valence-corrected chi connectivity index (χ2v) is 8.96. The van der Waals surface area contributed by atoms with Crippen LogP contribution in [-0.2, 0) is 7.05 Å². The van der Waals surface area contributed by atoms with Crippen LogP contribution in [0.15, 0.2) is 54.9 Å². The minimum absolute atomic E-state index is 0.913. The summed E-state index contributed by atoms with van der Waals surface area (Å²) in [4.78, 5) is 17.5. The van der Waals surface area contributed by atoms with Crippen LogP contribution in [0, 0.1) is 13.8 Å². The number of aromatic nitrogens is 5. The summed E-state index contributed by atoms with van der Waals surface area (Å²) >= 11 is 0. The van der Waals surface area contributed by atoms with E-state index in [9.17, 15) is 0 Å². The number of aromatic amines is 1. The Morgan fingerprint density at radius 1 is 0.765 bits per heavy atom. The van der Waals surface area contributed by atoms with Gasteiger partial charge >= 0.3 is 0 Å². The number of pyridine rings is 1. The highest BCUT2D eigenvalue weighted by Gasteiger charge is 2.18. The minimum atomic E-state index is 0.913. The fraction of sp³-hybridized carbons (Fsp3) is 0.138. The summed E-state index contributed by atoms with van der Waals surface area (Å²) in [6.07, 6.45) is 9.92. The van der Waals surface area contributed by atoms with Crippen LogP contribution in [0.3, 0.4) is 0 Å². The van der Waals surface area contributed by atoms with E-state index in [1.807, 2.05) is 30.6 Å². The molecule has 5 nitrogen and oxygen atoms in total. The van der Waals surface area contributed by atoms with E-state index < -0.39 is 0 Å². The molecule has 6 heterocycles. The quantitative estimate of drug-likeness (QED) is 0.312. The fourth-order valence-electron chi connectivity index (χ4n) is 5.15. The van der Waals surface area contributed by atoms with Gasteiger partial charge in [-0.25, -0.2) is 9.97 Å². The van der Waals surface area contributed by atoms with Crippen molar-refractivity contribution >= 4 is 45.9 Å². The van der Waals surface area contributed by atoms with Gasteiger partial charge in [0.05, 0.1) is 28.3 Å². The molecule has 6 rings (SSSR count). The first kappa shape index (κ1) is 20.4. The predicted molar refractivity (Wildman–Crippen MR) is 141 cm³/mol. The molecule has 5 heteroatoms. The highest BCUT2D eigenvalue weighted by molar-refractivity contribution is 5.94. The van der Waals surface area contributed by atoms with Gasteiger partial charge in [-0.3, -0.25) is 4.98 Å². The molecular weight excluding hydrogens is 418 g/mol. The number of nitrogens with zero attached hydrogens (tertiary/aromatic N) is 4. The summed E-state index contributed by atoms with van der Waals surface area (Å²) in [6, 6.07) is 14.7. The molecule has 34 heavy (non-hydrogen) atoms. The van der Waals surface area contributed by atoms with E-state index in [-0.39, 0.29) is 0 Å².